The molecule has 0 aliphatic rings. The summed E-state index contributed by atoms with van der Waals surface area (Å²) >= 11 is 2.69. The monoisotopic (exact) mass is 401 g/mol. The Morgan fingerprint density at radius 1 is 1.26 bits per heavy atom. The number of rotatable bonds is 5. The van der Waals surface area contributed by atoms with Crippen molar-refractivity contribution in [3.05, 3.63) is 62.1 Å². The highest BCUT2D eigenvalue weighted by molar-refractivity contribution is 7.98. The molecule has 0 saturated carbocycles. The van der Waals surface area contributed by atoms with Crippen molar-refractivity contribution in [1.82, 2.24) is 19.7 Å². The SMILES string of the molecule is Cn1c(SCc2nnc(-c3ccc([N+](=O)[O-])cc3)o2)nc2ccsc2c1=O. The minimum Gasteiger partial charge on any atom is -0.420 e. The van der Waals surface area contributed by atoms with Gasteiger partial charge < -0.3 is 4.42 Å². The van der Waals surface area contributed by atoms with Crippen LogP contribution < -0.4 is 5.56 Å². The van der Waals surface area contributed by atoms with Crippen LogP contribution >= 0.6 is 23.1 Å². The van der Waals surface area contributed by atoms with Gasteiger partial charge in [-0.25, -0.2) is 4.98 Å². The largest absolute Gasteiger partial charge is 0.420 e. The quantitative estimate of drug-likeness (QED) is 0.216. The van der Waals surface area contributed by atoms with Crippen molar-refractivity contribution in [2.45, 2.75) is 10.9 Å². The van der Waals surface area contributed by atoms with Crippen molar-refractivity contribution in [3.63, 3.8) is 0 Å². The lowest BCUT2D eigenvalue weighted by Crippen LogP contribution is -2.18. The number of hydrogen-bond acceptors (Lipinski definition) is 9. The normalized spacial score (nSPS) is 11.1. The van der Waals surface area contributed by atoms with Gasteiger partial charge in [0.25, 0.3) is 11.2 Å². The van der Waals surface area contributed by atoms with E-state index in [9.17, 15) is 14.9 Å². The van der Waals surface area contributed by atoms with Crippen LogP contribution in [0.4, 0.5) is 5.69 Å². The van der Waals surface area contributed by atoms with Gasteiger partial charge in [0, 0.05) is 24.7 Å². The maximum atomic E-state index is 12.3. The molecule has 0 atom stereocenters. The van der Waals surface area contributed by atoms with Gasteiger partial charge in [0.05, 0.1) is 16.2 Å². The average molecular weight is 401 g/mol. The first-order valence-electron chi connectivity index (χ1n) is 7.67. The molecule has 0 amide bonds. The lowest BCUT2D eigenvalue weighted by Gasteiger charge is -2.05. The summed E-state index contributed by atoms with van der Waals surface area (Å²) in [5.41, 5.74) is 1.16. The fourth-order valence-electron chi connectivity index (χ4n) is 2.38. The molecule has 136 valence electrons. The molecule has 0 saturated heterocycles. The molecule has 3 aromatic heterocycles. The Hall–Kier alpha value is -3.05. The first-order valence-corrected chi connectivity index (χ1v) is 9.53. The first kappa shape index (κ1) is 17.4. The lowest BCUT2D eigenvalue weighted by molar-refractivity contribution is -0.384. The maximum absolute atomic E-state index is 12.3. The van der Waals surface area contributed by atoms with Crippen molar-refractivity contribution >= 4 is 39.0 Å². The number of benzene rings is 1. The summed E-state index contributed by atoms with van der Waals surface area (Å²) in [6.45, 7) is 0. The summed E-state index contributed by atoms with van der Waals surface area (Å²) < 4.78 is 7.73. The predicted octanol–water partition coefficient (Wildman–Crippen LogP) is 3.25. The summed E-state index contributed by atoms with van der Waals surface area (Å²) in [4.78, 5) is 27.0. The van der Waals surface area contributed by atoms with Crippen LogP contribution in [0.3, 0.4) is 0 Å². The molecular formula is C16H11N5O4S2. The number of fused-ring (bicyclic) bond motifs is 1. The van der Waals surface area contributed by atoms with Crippen LogP contribution in [-0.4, -0.2) is 24.7 Å². The van der Waals surface area contributed by atoms with Gasteiger partial charge in [-0.3, -0.25) is 19.5 Å². The van der Waals surface area contributed by atoms with Gasteiger partial charge >= 0.3 is 0 Å². The number of nitrogens with zero attached hydrogens (tertiary/aromatic N) is 5. The number of nitro groups is 1. The minimum atomic E-state index is -0.471. The van der Waals surface area contributed by atoms with Crippen LogP contribution in [0.25, 0.3) is 21.7 Å². The van der Waals surface area contributed by atoms with Crippen LogP contribution in [0.1, 0.15) is 5.89 Å². The Morgan fingerprint density at radius 3 is 2.78 bits per heavy atom. The molecule has 1 aromatic carbocycles. The summed E-state index contributed by atoms with van der Waals surface area (Å²) in [6, 6.07) is 7.68. The van der Waals surface area contributed by atoms with Crippen molar-refractivity contribution < 1.29 is 9.34 Å². The Kier molecular flexibility index (Phi) is 4.46. The molecule has 0 bridgehead atoms. The van der Waals surface area contributed by atoms with Gasteiger partial charge in [0.2, 0.25) is 11.8 Å². The molecule has 4 rings (SSSR count). The second-order valence-electron chi connectivity index (χ2n) is 5.49. The van der Waals surface area contributed by atoms with Gasteiger partial charge in [-0.15, -0.1) is 21.5 Å². The van der Waals surface area contributed by atoms with E-state index in [1.807, 2.05) is 11.4 Å². The van der Waals surface area contributed by atoms with Crippen molar-refractivity contribution in [2.75, 3.05) is 0 Å². The fourth-order valence-corrected chi connectivity index (χ4v) is 3.99. The molecule has 0 fully saturated rings. The van der Waals surface area contributed by atoms with Gasteiger partial charge in [-0.1, -0.05) is 11.8 Å². The number of hydrogen-bond donors (Lipinski definition) is 0. The third kappa shape index (κ3) is 3.34. The summed E-state index contributed by atoms with van der Waals surface area (Å²) in [6.07, 6.45) is 0. The summed E-state index contributed by atoms with van der Waals surface area (Å²) in [5, 5.41) is 21.1. The number of thioether (sulfide) groups is 1. The molecule has 0 aliphatic heterocycles. The van der Waals surface area contributed by atoms with E-state index >= 15 is 0 Å². The zero-order valence-corrected chi connectivity index (χ0v) is 15.5. The predicted molar refractivity (Wildman–Crippen MR) is 101 cm³/mol. The highest BCUT2D eigenvalue weighted by atomic mass is 32.2. The Bertz CT molecular complexity index is 1200. The van der Waals surface area contributed by atoms with Crippen molar-refractivity contribution in [2.24, 2.45) is 7.05 Å². The standard InChI is InChI=1S/C16H11N5O4S2/c1-20-15(22)13-11(6-7-26-13)17-16(20)27-8-12-18-19-14(25-12)9-2-4-10(5-3-9)21(23)24/h2-7H,8H2,1H3. The van der Waals surface area contributed by atoms with Crippen molar-refractivity contribution in [3.8, 4) is 11.5 Å². The molecular weight excluding hydrogens is 390 g/mol. The number of non-ortho nitro benzene ring substituents is 1. The Labute approximate surface area is 159 Å². The second kappa shape index (κ2) is 6.93. The van der Waals surface area contributed by atoms with E-state index in [-0.39, 0.29) is 17.1 Å². The number of thiophene rings is 1. The van der Waals surface area contributed by atoms with E-state index in [2.05, 4.69) is 15.2 Å². The van der Waals surface area contributed by atoms with Crippen LogP contribution in [0.15, 0.2) is 50.1 Å². The molecule has 11 heteroatoms. The van der Waals surface area contributed by atoms with Gasteiger partial charge in [-0.2, -0.15) is 0 Å². The highest BCUT2D eigenvalue weighted by Crippen LogP contribution is 2.25. The Morgan fingerprint density at radius 2 is 2.04 bits per heavy atom. The Balaban J connectivity index is 1.52. The zero-order chi connectivity index (χ0) is 19.0. The lowest BCUT2D eigenvalue weighted by atomic mass is 10.2. The van der Waals surface area contributed by atoms with Gasteiger partial charge in [0.1, 0.15) is 4.70 Å². The van der Waals surface area contributed by atoms with E-state index in [1.165, 1.54) is 39.8 Å². The smallest absolute Gasteiger partial charge is 0.271 e. The molecule has 27 heavy (non-hydrogen) atoms. The third-order valence-electron chi connectivity index (χ3n) is 3.76. The van der Waals surface area contributed by atoms with Crippen LogP contribution in [-0.2, 0) is 12.8 Å². The van der Waals surface area contributed by atoms with E-state index < -0.39 is 4.92 Å². The molecule has 0 N–H and O–H groups in total. The third-order valence-corrected chi connectivity index (χ3v) is 5.67. The van der Waals surface area contributed by atoms with Crippen LogP contribution in [0, 0.1) is 10.1 Å². The fraction of sp³-hybridized carbons (Fsp3) is 0.125. The van der Waals surface area contributed by atoms with E-state index in [0.717, 1.165) is 0 Å². The maximum Gasteiger partial charge on any atom is 0.271 e. The molecule has 0 radical (unpaired) electrons. The molecule has 3 heterocycles. The molecule has 4 aromatic rings. The minimum absolute atomic E-state index is 0.00939. The van der Waals surface area contributed by atoms with Crippen LogP contribution in [0.2, 0.25) is 0 Å². The molecule has 0 unspecified atom stereocenters. The number of nitro benzene ring substituents is 1. The summed E-state index contributed by atoms with van der Waals surface area (Å²) in [5.74, 6) is 0.985. The molecule has 0 spiro atoms. The van der Waals surface area contributed by atoms with E-state index in [1.54, 1.807) is 19.2 Å². The van der Waals surface area contributed by atoms with Crippen LogP contribution in [0.5, 0.6) is 0 Å². The van der Waals surface area contributed by atoms with Gasteiger partial charge in [-0.05, 0) is 23.6 Å². The molecule has 0 aliphatic carbocycles. The van der Waals surface area contributed by atoms with Crippen molar-refractivity contribution in [1.29, 1.82) is 0 Å². The highest BCUT2D eigenvalue weighted by Gasteiger charge is 2.14. The molecule has 9 nitrogen and oxygen atoms in total. The average Bonchev–Trinajstić information content (AvgIpc) is 3.33. The number of aromatic nitrogens is 4. The first-order chi connectivity index (χ1) is 13.0. The van der Waals surface area contributed by atoms with E-state index in [0.29, 0.717) is 32.6 Å². The second-order valence-corrected chi connectivity index (χ2v) is 7.35. The zero-order valence-electron chi connectivity index (χ0n) is 13.9. The summed E-state index contributed by atoms with van der Waals surface area (Å²) in [7, 11) is 1.67. The van der Waals surface area contributed by atoms with Gasteiger partial charge in [0.15, 0.2) is 5.16 Å². The van der Waals surface area contributed by atoms with E-state index in [4.69, 9.17) is 4.42 Å². The topological polar surface area (TPSA) is 117 Å².